The van der Waals surface area contributed by atoms with Crippen molar-refractivity contribution in [3.8, 4) is 11.5 Å². The van der Waals surface area contributed by atoms with Crippen LogP contribution in [0.15, 0.2) is 23.2 Å². The van der Waals surface area contributed by atoms with Crippen molar-refractivity contribution < 1.29 is 17.9 Å². The molecule has 1 aromatic rings. The molecular weight excluding hydrogens is 519 g/mol. The van der Waals surface area contributed by atoms with Crippen LogP contribution in [0.2, 0.25) is 0 Å². The van der Waals surface area contributed by atoms with Gasteiger partial charge in [0, 0.05) is 31.7 Å². The molecule has 8 nitrogen and oxygen atoms in total. The van der Waals surface area contributed by atoms with Crippen LogP contribution in [0.25, 0.3) is 0 Å². The summed E-state index contributed by atoms with van der Waals surface area (Å²) in [6.45, 7) is 6.63. The third kappa shape index (κ3) is 7.77. The first-order chi connectivity index (χ1) is 13.8. The summed E-state index contributed by atoms with van der Waals surface area (Å²) in [7, 11) is 0.199. The number of nitrogens with one attached hydrogen (secondary N) is 2. The smallest absolute Gasteiger partial charge is 0.211 e. The van der Waals surface area contributed by atoms with E-state index in [-0.39, 0.29) is 30.0 Å². The fraction of sp³-hybridized carbons (Fsp3) is 0.650. The highest BCUT2D eigenvalue weighted by atomic mass is 127. The lowest BCUT2D eigenvalue weighted by Gasteiger charge is -2.29. The van der Waals surface area contributed by atoms with Crippen molar-refractivity contribution in [2.45, 2.75) is 32.7 Å². The molecule has 1 saturated heterocycles. The van der Waals surface area contributed by atoms with Crippen molar-refractivity contribution in [1.82, 2.24) is 14.9 Å². The molecule has 1 aliphatic heterocycles. The van der Waals surface area contributed by atoms with Crippen LogP contribution in [0.5, 0.6) is 11.5 Å². The van der Waals surface area contributed by atoms with E-state index in [0.717, 1.165) is 42.4 Å². The zero-order valence-corrected chi connectivity index (χ0v) is 21.6. The Kier molecular flexibility index (Phi) is 11.2. The van der Waals surface area contributed by atoms with Gasteiger partial charge in [-0.1, -0.05) is 0 Å². The van der Waals surface area contributed by atoms with Crippen LogP contribution >= 0.6 is 24.0 Å². The molecule has 2 rings (SSSR count). The highest BCUT2D eigenvalue weighted by Crippen LogP contribution is 2.29. The molecule has 0 amide bonds. The fourth-order valence-electron chi connectivity index (χ4n) is 3.42. The monoisotopic (exact) mass is 554 g/mol. The van der Waals surface area contributed by atoms with Gasteiger partial charge in [0.15, 0.2) is 5.96 Å². The Hall–Kier alpha value is -1.27. The van der Waals surface area contributed by atoms with Gasteiger partial charge in [-0.15, -0.1) is 24.0 Å². The highest BCUT2D eigenvalue weighted by Gasteiger charge is 2.24. The van der Waals surface area contributed by atoms with E-state index in [2.05, 4.69) is 17.6 Å². The van der Waals surface area contributed by atoms with E-state index in [0.29, 0.717) is 25.6 Å². The van der Waals surface area contributed by atoms with E-state index in [1.807, 2.05) is 25.1 Å². The lowest BCUT2D eigenvalue weighted by molar-refractivity contribution is 0.280. The van der Waals surface area contributed by atoms with E-state index in [1.165, 1.54) is 6.26 Å². The first kappa shape index (κ1) is 26.8. The molecule has 30 heavy (non-hydrogen) atoms. The number of nitrogens with zero attached hydrogens (tertiary/aromatic N) is 2. The molecule has 1 heterocycles. The Labute approximate surface area is 197 Å². The SMILES string of the molecule is CCNC(=NCC1CCN(S(C)(=O)=O)CC1)NC(C)c1cc(OC)ccc1OC.I. The van der Waals surface area contributed by atoms with E-state index < -0.39 is 10.0 Å². The van der Waals surface area contributed by atoms with Gasteiger partial charge in [0.25, 0.3) is 0 Å². The second-order valence-electron chi connectivity index (χ2n) is 7.30. The summed E-state index contributed by atoms with van der Waals surface area (Å²) in [5.74, 6) is 2.67. The van der Waals surface area contributed by atoms with Crippen molar-refractivity contribution in [2.75, 3.05) is 46.7 Å². The number of sulfonamides is 1. The predicted molar refractivity (Wildman–Crippen MR) is 132 cm³/mol. The molecule has 1 aromatic carbocycles. The molecule has 0 bridgehead atoms. The summed E-state index contributed by atoms with van der Waals surface area (Å²) >= 11 is 0. The second kappa shape index (κ2) is 12.6. The maximum atomic E-state index is 11.7. The van der Waals surface area contributed by atoms with Gasteiger partial charge in [0.05, 0.1) is 26.5 Å². The fourth-order valence-corrected chi connectivity index (χ4v) is 4.30. The van der Waals surface area contributed by atoms with Gasteiger partial charge >= 0.3 is 0 Å². The maximum Gasteiger partial charge on any atom is 0.211 e. The summed E-state index contributed by atoms with van der Waals surface area (Å²) in [6.07, 6.45) is 2.93. The first-order valence-corrected chi connectivity index (χ1v) is 11.8. The molecule has 0 saturated carbocycles. The normalized spacial score (nSPS) is 17.0. The quantitative estimate of drug-likeness (QED) is 0.292. The largest absolute Gasteiger partial charge is 0.497 e. The molecule has 1 unspecified atom stereocenters. The molecule has 1 fully saturated rings. The molecule has 0 radical (unpaired) electrons. The molecule has 2 N–H and O–H groups in total. The number of rotatable bonds is 8. The Morgan fingerprint density at radius 3 is 2.47 bits per heavy atom. The molecule has 1 atom stereocenters. The molecule has 10 heteroatoms. The number of piperidine rings is 1. The summed E-state index contributed by atoms with van der Waals surface area (Å²) in [4.78, 5) is 4.74. The van der Waals surface area contributed by atoms with Crippen LogP contribution < -0.4 is 20.1 Å². The number of ether oxygens (including phenoxy) is 2. The zero-order valence-electron chi connectivity index (χ0n) is 18.5. The molecule has 1 aliphatic rings. The van der Waals surface area contributed by atoms with Gasteiger partial charge in [-0.25, -0.2) is 12.7 Å². The summed E-state index contributed by atoms with van der Waals surface area (Å²) in [5.41, 5.74) is 0.985. The van der Waals surface area contributed by atoms with Gasteiger partial charge in [-0.05, 0) is 50.8 Å². The minimum absolute atomic E-state index is 0. The minimum atomic E-state index is -3.10. The Bertz CT molecular complexity index is 796. The molecule has 0 spiro atoms. The summed E-state index contributed by atoms with van der Waals surface area (Å²) < 4.78 is 35.7. The lowest BCUT2D eigenvalue weighted by atomic mass is 9.98. The third-order valence-corrected chi connectivity index (χ3v) is 6.45. The third-order valence-electron chi connectivity index (χ3n) is 5.15. The van der Waals surface area contributed by atoms with Crippen molar-refractivity contribution in [3.05, 3.63) is 23.8 Å². The van der Waals surface area contributed by atoms with Gasteiger partial charge in [0.1, 0.15) is 11.5 Å². The predicted octanol–water partition coefficient (Wildman–Crippen LogP) is 2.61. The topological polar surface area (TPSA) is 92.3 Å². The van der Waals surface area contributed by atoms with Gasteiger partial charge < -0.3 is 20.1 Å². The molecular formula is C20H35IN4O4S. The summed E-state index contributed by atoms with van der Waals surface area (Å²) in [6, 6.07) is 5.69. The molecule has 172 valence electrons. The molecule has 0 aliphatic carbocycles. The maximum absolute atomic E-state index is 11.7. The van der Waals surface area contributed by atoms with E-state index in [4.69, 9.17) is 14.5 Å². The summed E-state index contributed by atoms with van der Waals surface area (Å²) in [5, 5.41) is 6.71. The zero-order chi connectivity index (χ0) is 21.4. The Morgan fingerprint density at radius 1 is 1.27 bits per heavy atom. The number of guanidine groups is 1. The van der Waals surface area contributed by atoms with Gasteiger partial charge in [-0.3, -0.25) is 4.99 Å². The van der Waals surface area contributed by atoms with E-state index in [1.54, 1.807) is 18.5 Å². The highest BCUT2D eigenvalue weighted by molar-refractivity contribution is 14.0. The minimum Gasteiger partial charge on any atom is -0.497 e. The van der Waals surface area contributed by atoms with Crippen LogP contribution in [0.1, 0.15) is 38.3 Å². The number of hydrogen-bond donors (Lipinski definition) is 2. The number of hydrogen-bond acceptors (Lipinski definition) is 5. The Morgan fingerprint density at radius 2 is 1.93 bits per heavy atom. The van der Waals surface area contributed by atoms with Crippen molar-refractivity contribution in [2.24, 2.45) is 10.9 Å². The van der Waals surface area contributed by atoms with Crippen LogP contribution in [-0.4, -0.2) is 65.3 Å². The van der Waals surface area contributed by atoms with Crippen LogP contribution in [0.3, 0.4) is 0 Å². The van der Waals surface area contributed by atoms with Crippen LogP contribution in [-0.2, 0) is 10.0 Å². The second-order valence-corrected chi connectivity index (χ2v) is 9.28. The molecule has 0 aromatic heterocycles. The van der Waals surface area contributed by atoms with Crippen molar-refractivity contribution in [3.63, 3.8) is 0 Å². The first-order valence-electron chi connectivity index (χ1n) is 10.00. The average Bonchev–Trinajstić information content (AvgIpc) is 2.71. The number of benzene rings is 1. The lowest BCUT2D eigenvalue weighted by Crippen LogP contribution is -2.40. The standard InChI is InChI=1S/C20H34N4O4S.HI/c1-6-21-20(22-14-16-9-11-24(12-10-16)29(5,25)26)23-15(2)18-13-17(27-3)7-8-19(18)28-4;/h7-8,13,15-16H,6,9-12,14H2,1-5H3,(H2,21,22,23);1H. The number of halogens is 1. The van der Waals surface area contributed by atoms with E-state index in [9.17, 15) is 8.42 Å². The van der Waals surface area contributed by atoms with Crippen LogP contribution in [0, 0.1) is 5.92 Å². The number of aliphatic imine (C=N–C) groups is 1. The Balaban J connectivity index is 0.00000450. The average molecular weight is 554 g/mol. The van der Waals surface area contributed by atoms with Gasteiger partial charge in [0.2, 0.25) is 10.0 Å². The number of methoxy groups -OCH3 is 2. The van der Waals surface area contributed by atoms with Gasteiger partial charge in [-0.2, -0.15) is 0 Å². The van der Waals surface area contributed by atoms with Crippen LogP contribution in [0.4, 0.5) is 0 Å². The van der Waals surface area contributed by atoms with E-state index >= 15 is 0 Å². The van der Waals surface area contributed by atoms with Crippen molar-refractivity contribution >= 4 is 40.0 Å². The van der Waals surface area contributed by atoms with Crippen molar-refractivity contribution in [1.29, 1.82) is 0 Å².